The summed E-state index contributed by atoms with van der Waals surface area (Å²) in [6.07, 6.45) is 0.508. The average molecular weight is 320 g/mol. The first-order valence-electron chi connectivity index (χ1n) is 5.43. The van der Waals surface area contributed by atoms with Gasteiger partial charge in [-0.1, -0.05) is 11.6 Å². The van der Waals surface area contributed by atoms with Crippen molar-refractivity contribution in [2.45, 2.75) is 6.92 Å². The summed E-state index contributed by atoms with van der Waals surface area (Å²) in [7, 11) is 2.88. The van der Waals surface area contributed by atoms with Crippen molar-refractivity contribution in [3.05, 3.63) is 14.8 Å². The molecule has 0 spiro atoms. The number of carbonyl (C=O) groups is 2. The lowest BCUT2D eigenvalue weighted by Crippen LogP contribution is -2.05. The SMILES string of the molecule is CCOC.COC(=O)c1sc(Cl)c(C#N)c1OCC=O. The van der Waals surface area contributed by atoms with Crippen molar-refractivity contribution in [2.75, 3.05) is 27.4 Å². The minimum absolute atomic E-state index is 0.00329. The van der Waals surface area contributed by atoms with Gasteiger partial charge in [-0.05, 0) is 6.92 Å². The molecule has 0 N–H and O–H groups in total. The normalized spacial score (nSPS) is 8.95. The molecule has 0 amide bonds. The van der Waals surface area contributed by atoms with Crippen LogP contribution >= 0.6 is 22.9 Å². The summed E-state index contributed by atoms with van der Waals surface area (Å²) in [4.78, 5) is 21.6. The number of esters is 1. The monoisotopic (exact) mass is 319 g/mol. The van der Waals surface area contributed by atoms with Crippen molar-refractivity contribution in [3.8, 4) is 11.8 Å². The zero-order valence-corrected chi connectivity index (χ0v) is 12.8. The molecule has 1 aromatic heterocycles. The number of nitrogens with zero attached hydrogens (tertiary/aromatic N) is 1. The van der Waals surface area contributed by atoms with Crippen molar-refractivity contribution < 1.29 is 23.8 Å². The van der Waals surface area contributed by atoms with Crippen LogP contribution in [-0.2, 0) is 14.3 Å². The number of hydrogen-bond donors (Lipinski definition) is 0. The van der Waals surface area contributed by atoms with Crippen LogP contribution in [0.3, 0.4) is 0 Å². The van der Waals surface area contributed by atoms with Gasteiger partial charge >= 0.3 is 5.97 Å². The second-order valence-electron chi connectivity index (χ2n) is 3.07. The number of rotatable bonds is 5. The van der Waals surface area contributed by atoms with Crippen molar-refractivity contribution in [1.82, 2.24) is 0 Å². The highest BCUT2D eigenvalue weighted by molar-refractivity contribution is 7.18. The largest absolute Gasteiger partial charge is 0.483 e. The Kier molecular flexibility index (Phi) is 9.38. The van der Waals surface area contributed by atoms with E-state index < -0.39 is 5.97 Å². The predicted molar refractivity (Wildman–Crippen MR) is 74.5 cm³/mol. The minimum Gasteiger partial charge on any atom is -0.483 e. The molecule has 0 fully saturated rings. The van der Waals surface area contributed by atoms with E-state index in [1.807, 2.05) is 6.92 Å². The first kappa shape index (κ1) is 18.4. The number of methoxy groups -OCH3 is 2. The molecule has 1 rings (SSSR count). The Labute approximate surface area is 125 Å². The summed E-state index contributed by atoms with van der Waals surface area (Å²) in [6, 6.07) is 1.80. The number of ether oxygens (including phenoxy) is 3. The van der Waals surface area contributed by atoms with Crippen LogP contribution in [0.1, 0.15) is 22.2 Å². The number of carbonyl (C=O) groups excluding carboxylic acids is 2. The predicted octanol–water partition coefficient (Wildman–Crippen LogP) is 2.29. The van der Waals surface area contributed by atoms with Gasteiger partial charge in [0.15, 0.2) is 16.9 Å². The van der Waals surface area contributed by atoms with Crippen LogP contribution in [0.15, 0.2) is 0 Å². The van der Waals surface area contributed by atoms with Crippen molar-refractivity contribution in [1.29, 1.82) is 5.26 Å². The van der Waals surface area contributed by atoms with E-state index in [1.54, 1.807) is 13.2 Å². The highest BCUT2D eigenvalue weighted by Crippen LogP contribution is 2.38. The molecule has 0 atom stereocenters. The van der Waals surface area contributed by atoms with E-state index in [-0.39, 0.29) is 27.1 Å². The topological polar surface area (TPSA) is 85.6 Å². The van der Waals surface area contributed by atoms with Crippen LogP contribution in [-0.4, -0.2) is 39.7 Å². The van der Waals surface area contributed by atoms with Gasteiger partial charge in [0.1, 0.15) is 22.6 Å². The quantitative estimate of drug-likeness (QED) is 0.611. The van der Waals surface area contributed by atoms with Crippen LogP contribution in [0.25, 0.3) is 0 Å². The fraction of sp³-hybridized carbons (Fsp3) is 0.417. The van der Waals surface area contributed by atoms with E-state index in [9.17, 15) is 9.59 Å². The Morgan fingerprint density at radius 3 is 2.50 bits per heavy atom. The van der Waals surface area contributed by atoms with Crippen LogP contribution < -0.4 is 4.74 Å². The van der Waals surface area contributed by atoms with Crippen molar-refractivity contribution in [3.63, 3.8) is 0 Å². The van der Waals surface area contributed by atoms with Crippen LogP contribution in [0.2, 0.25) is 4.34 Å². The van der Waals surface area contributed by atoms with E-state index in [0.717, 1.165) is 17.9 Å². The molecule has 0 aliphatic heterocycles. The van der Waals surface area contributed by atoms with Crippen LogP contribution in [0.4, 0.5) is 0 Å². The second-order valence-corrected chi connectivity index (χ2v) is 4.69. The maximum atomic E-state index is 11.3. The second kappa shape index (κ2) is 10.2. The molecule has 0 aliphatic carbocycles. The van der Waals surface area contributed by atoms with E-state index in [4.69, 9.17) is 21.6 Å². The minimum atomic E-state index is -0.658. The number of nitriles is 1. The third-order valence-electron chi connectivity index (χ3n) is 1.89. The molecule has 110 valence electrons. The lowest BCUT2D eigenvalue weighted by atomic mass is 10.3. The highest BCUT2D eigenvalue weighted by atomic mass is 35.5. The van der Waals surface area contributed by atoms with E-state index in [1.165, 1.54) is 7.11 Å². The third kappa shape index (κ3) is 5.17. The molecular formula is C12H14ClNO5S. The van der Waals surface area contributed by atoms with Gasteiger partial charge in [-0.25, -0.2) is 4.79 Å². The van der Waals surface area contributed by atoms with Gasteiger partial charge < -0.3 is 14.2 Å². The lowest BCUT2D eigenvalue weighted by molar-refractivity contribution is -0.109. The molecule has 20 heavy (non-hydrogen) atoms. The van der Waals surface area contributed by atoms with E-state index >= 15 is 0 Å². The number of thiophene rings is 1. The molecule has 6 nitrogen and oxygen atoms in total. The smallest absolute Gasteiger partial charge is 0.351 e. The molecule has 0 aliphatic rings. The highest BCUT2D eigenvalue weighted by Gasteiger charge is 2.24. The summed E-state index contributed by atoms with van der Waals surface area (Å²) >= 11 is 6.63. The number of aldehydes is 1. The number of hydrogen-bond acceptors (Lipinski definition) is 7. The van der Waals surface area contributed by atoms with Gasteiger partial charge in [0.2, 0.25) is 0 Å². The summed E-state index contributed by atoms with van der Waals surface area (Å²) in [6.45, 7) is 2.52. The van der Waals surface area contributed by atoms with Crippen molar-refractivity contribution >= 4 is 35.2 Å². The average Bonchev–Trinajstić information content (AvgIpc) is 2.80. The van der Waals surface area contributed by atoms with Crippen molar-refractivity contribution in [2.24, 2.45) is 0 Å². The Morgan fingerprint density at radius 1 is 1.50 bits per heavy atom. The van der Waals surface area contributed by atoms with Gasteiger partial charge in [0.05, 0.1) is 7.11 Å². The maximum Gasteiger partial charge on any atom is 0.351 e. The van der Waals surface area contributed by atoms with Crippen LogP contribution in [0.5, 0.6) is 5.75 Å². The molecule has 1 heterocycles. The van der Waals surface area contributed by atoms with Gasteiger partial charge in [-0.3, -0.25) is 4.79 Å². The fourth-order valence-electron chi connectivity index (χ4n) is 0.967. The fourth-order valence-corrected chi connectivity index (χ4v) is 2.17. The van der Waals surface area contributed by atoms with Gasteiger partial charge in [0.25, 0.3) is 0 Å². The molecule has 0 unspecified atom stereocenters. The molecule has 0 aromatic carbocycles. The Bertz CT molecular complexity index is 493. The first-order chi connectivity index (χ1) is 9.56. The zero-order valence-electron chi connectivity index (χ0n) is 11.3. The standard InChI is InChI=1S/C9H6ClNO4S.C3H8O/c1-14-9(13)7-6(15-3-2-12)5(4-11)8(10)16-7;1-3-4-2/h2H,3H2,1H3;3H2,1-2H3. The molecule has 0 saturated carbocycles. The molecular weight excluding hydrogens is 306 g/mol. The molecule has 0 saturated heterocycles. The summed E-state index contributed by atoms with van der Waals surface area (Å²) in [5.41, 5.74) is 0.0360. The Morgan fingerprint density at radius 2 is 2.10 bits per heavy atom. The summed E-state index contributed by atoms with van der Waals surface area (Å²) in [5, 5.41) is 8.82. The Hall–Kier alpha value is -1.62. The Balaban J connectivity index is 0.000000796. The molecule has 8 heteroatoms. The van der Waals surface area contributed by atoms with Gasteiger partial charge in [0, 0.05) is 13.7 Å². The third-order valence-corrected chi connectivity index (χ3v) is 3.25. The molecule has 1 aromatic rings. The first-order valence-corrected chi connectivity index (χ1v) is 6.62. The number of halogens is 1. The summed E-state index contributed by atoms with van der Waals surface area (Å²) < 4.78 is 14.2. The van der Waals surface area contributed by atoms with E-state index in [0.29, 0.717) is 6.29 Å². The van der Waals surface area contributed by atoms with Gasteiger partial charge in [-0.15, -0.1) is 11.3 Å². The van der Waals surface area contributed by atoms with E-state index in [2.05, 4.69) is 9.47 Å². The van der Waals surface area contributed by atoms with Crippen LogP contribution in [0, 0.1) is 11.3 Å². The molecule has 0 radical (unpaired) electrons. The summed E-state index contributed by atoms with van der Waals surface area (Å²) in [5.74, 6) is -0.661. The van der Waals surface area contributed by atoms with Gasteiger partial charge in [-0.2, -0.15) is 5.26 Å². The molecule has 0 bridgehead atoms. The maximum absolute atomic E-state index is 11.3. The lowest BCUT2D eigenvalue weighted by Gasteiger charge is -2.02. The zero-order chi connectivity index (χ0) is 15.5.